The van der Waals surface area contributed by atoms with Crippen LogP contribution in [0, 0.1) is 5.92 Å². The fourth-order valence-electron chi connectivity index (χ4n) is 2.24. The van der Waals surface area contributed by atoms with E-state index < -0.39 is 0 Å². The quantitative estimate of drug-likeness (QED) is 0.501. The monoisotopic (exact) mass is 350 g/mol. The van der Waals surface area contributed by atoms with Crippen LogP contribution in [0.15, 0.2) is 25.9 Å². The van der Waals surface area contributed by atoms with Gasteiger partial charge in [-0.25, -0.2) is 4.98 Å². The molecule has 122 valence electrons. The SMILES string of the molecule is CCn1c(SCc2nc(CC(C)C)no2)nc2ccsc2c1=O. The summed E-state index contributed by atoms with van der Waals surface area (Å²) in [6.45, 7) is 6.76. The Hall–Kier alpha value is -1.67. The summed E-state index contributed by atoms with van der Waals surface area (Å²) in [6.07, 6.45) is 0.799. The van der Waals surface area contributed by atoms with Crippen molar-refractivity contribution in [3.63, 3.8) is 0 Å². The summed E-state index contributed by atoms with van der Waals surface area (Å²) < 4.78 is 7.66. The van der Waals surface area contributed by atoms with Gasteiger partial charge in [0.25, 0.3) is 5.56 Å². The molecule has 0 saturated carbocycles. The maximum absolute atomic E-state index is 12.4. The van der Waals surface area contributed by atoms with E-state index in [1.54, 1.807) is 4.57 Å². The van der Waals surface area contributed by atoms with Gasteiger partial charge in [-0.05, 0) is 24.3 Å². The minimum absolute atomic E-state index is 0.0148. The number of aromatic nitrogens is 4. The average Bonchev–Trinajstić information content (AvgIpc) is 3.13. The van der Waals surface area contributed by atoms with Gasteiger partial charge >= 0.3 is 0 Å². The van der Waals surface area contributed by atoms with E-state index in [-0.39, 0.29) is 5.56 Å². The topological polar surface area (TPSA) is 73.8 Å². The van der Waals surface area contributed by atoms with E-state index >= 15 is 0 Å². The molecule has 8 heteroatoms. The highest BCUT2D eigenvalue weighted by molar-refractivity contribution is 7.98. The highest BCUT2D eigenvalue weighted by atomic mass is 32.2. The van der Waals surface area contributed by atoms with Crippen LogP contribution in [0.5, 0.6) is 0 Å². The Bertz CT molecular complexity index is 866. The van der Waals surface area contributed by atoms with Crippen LogP contribution in [0.4, 0.5) is 0 Å². The molecule has 23 heavy (non-hydrogen) atoms. The standard InChI is InChI=1S/C15H18N4O2S2/c1-4-19-14(20)13-10(5-6-22-13)16-15(19)23-8-12-17-11(18-21-12)7-9(2)3/h5-6,9H,4,7-8H2,1-3H3. The van der Waals surface area contributed by atoms with Crippen molar-refractivity contribution in [3.05, 3.63) is 33.5 Å². The average molecular weight is 350 g/mol. The Morgan fingerprint density at radius 1 is 1.39 bits per heavy atom. The second kappa shape index (κ2) is 6.84. The van der Waals surface area contributed by atoms with Crippen LogP contribution in [-0.4, -0.2) is 19.7 Å². The predicted molar refractivity (Wildman–Crippen MR) is 92.0 cm³/mol. The number of nitrogens with zero attached hydrogens (tertiary/aromatic N) is 4. The molecule has 0 aromatic carbocycles. The van der Waals surface area contributed by atoms with Gasteiger partial charge in [-0.15, -0.1) is 11.3 Å². The number of thiophene rings is 1. The number of fused-ring (bicyclic) bond motifs is 1. The second-order valence-corrected chi connectivity index (χ2v) is 7.43. The number of rotatable bonds is 6. The molecular weight excluding hydrogens is 332 g/mol. The van der Waals surface area contributed by atoms with Crippen LogP contribution < -0.4 is 5.56 Å². The predicted octanol–water partition coefficient (Wildman–Crippen LogP) is 3.35. The second-order valence-electron chi connectivity index (χ2n) is 5.57. The van der Waals surface area contributed by atoms with Crippen LogP contribution in [0.3, 0.4) is 0 Å². The molecule has 3 rings (SSSR count). The largest absolute Gasteiger partial charge is 0.338 e. The van der Waals surface area contributed by atoms with E-state index in [1.165, 1.54) is 23.1 Å². The van der Waals surface area contributed by atoms with Crippen molar-refractivity contribution in [2.75, 3.05) is 0 Å². The summed E-state index contributed by atoms with van der Waals surface area (Å²) >= 11 is 2.88. The van der Waals surface area contributed by atoms with Crippen LogP contribution in [0.1, 0.15) is 32.5 Å². The molecule has 0 aliphatic heterocycles. The van der Waals surface area contributed by atoms with Crippen molar-refractivity contribution in [2.24, 2.45) is 5.92 Å². The zero-order valence-electron chi connectivity index (χ0n) is 13.3. The minimum atomic E-state index is 0.0148. The lowest BCUT2D eigenvalue weighted by Gasteiger charge is -2.08. The fourth-order valence-corrected chi connectivity index (χ4v) is 3.91. The van der Waals surface area contributed by atoms with Crippen molar-refractivity contribution < 1.29 is 4.52 Å². The Morgan fingerprint density at radius 2 is 2.22 bits per heavy atom. The molecule has 0 spiro atoms. The van der Waals surface area contributed by atoms with E-state index in [2.05, 4.69) is 29.0 Å². The number of hydrogen-bond acceptors (Lipinski definition) is 7. The Kier molecular flexibility index (Phi) is 4.82. The Balaban J connectivity index is 1.81. The highest BCUT2D eigenvalue weighted by Crippen LogP contribution is 2.23. The van der Waals surface area contributed by atoms with Crippen molar-refractivity contribution in [1.82, 2.24) is 19.7 Å². The zero-order valence-corrected chi connectivity index (χ0v) is 14.9. The van der Waals surface area contributed by atoms with Crippen molar-refractivity contribution in [1.29, 1.82) is 0 Å². The van der Waals surface area contributed by atoms with Gasteiger partial charge in [0.05, 0.1) is 11.3 Å². The van der Waals surface area contributed by atoms with E-state index in [1.807, 2.05) is 18.4 Å². The fraction of sp³-hybridized carbons (Fsp3) is 0.467. The first-order valence-electron chi connectivity index (χ1n) is 7.50. The van der Waals surface area contributed by atoms with E-state index in [9.17, 15) is 4.79 Å². The molecule has 0 amide bonds. The van der Waals surface area contributed by atoms with Crippen molar-refractivity contribution in [3.8, 4) is 0 Å². The Labute approximate surface area is 141 Å². The van der Waals surface area contributed by atoms with Crippen LogP contribution >= 0.6 is 23.1 Å². The van der Waals surface area contributed by atoms with E-state index in [0.29, 0.717) is 34.0 Å². The summed E-state index contributed by atoms with van der Waals surface area (Å²) in [5.41, 5.74) is 0.763. The van der Waals surface area contributed by atoms with E-state index in [0.717, 1.165) is 17.8 Å². The van der Waals surface area contributed by atoms with E-state index in [4.69, 9.17) is 4.52 Å². The van der Waals surface area contributed by atoms with Gasteiger partial charge in [0, 0.05) is 13.0 Å². The van der Waals surface area contributed by atoms with Crippen LogP contribution in [0.25, 0.3) is 10.2 Å². The first-order chi connectivity index (χ1) is 11.1. The van der Waals surface area contributed by atoms with Crippen molar-refractivity contribution in [2.45, 2.75) is 44.6 Å². The smallest absolute Gasteiger partial charge is 0.272 e. The molecule has 0 saturated heterocycles. The third-order valence-electron chi connectivity index (χ3n) is 3.27. The molecule has 0 unspecified atom stereocenters. The molecule has 0 fully saturated rings. The summed E-state index contributed by atoms with van der Waals surface area (Å²) in [5, 5.41) is 6.56. The van der Waals surface area contributed by atoms with Crippen molar-refractivity contribution >= 4 is 33.3 Å². The number of hydrogen-bond donors (Lipinski definition) is 0. The maximum Gasteiger partial charge on any atom is 0.272 e. The lowest BCUT2D eigenvalue weighted by molar-refractivity contribution is 0.382. The summed E-state index contributed by atoms with van der Waals surface area (Å²) in [7, 11) is 0. The van der Waals surface area contributed by atoms with Gasteiger partial charge in [0.1, 0.15) is 4.70 Å². The lowest BCUT2D eigenvalue weighted by Crippen LogP contribution is -2.21. The zero-order chi connectivity index (χ0) is 16.4. The maximum atomic E-state index is 12.4. The Morgan fingerprint density at radius 3 is 2.96 bits per heavy atom. The van der Waals surface area contributed by atoms with Gasteiger partial charge < -0.3 is 4.52 Å². The third-order valence-corrected chi connectivity index (χ3v) is 5.13. The summed E-state index contributed by atoms with van der Waals surface area (Å²) in [6, 6.07) is 1.87. The van der Waals surface area contributed by atoms with Crippen LogP contribution in [0.2, 0.25) is 0 Å². The lowest BCUT2D eigenvalue weighted by atomic mass is 10.1. The first-order valence-corrected chi connectivity index (χ1v) is 9.37. The van der Waals surface area contributed by atoms with Gasteiger partial charge in [-0.3, -0.25) is 9.36 Å². The molecule has 0 atom stereocenters. The molecule has 0 aliphatic carbocycles. The molecule has 0 N–H and O–H groups in total. The highest BCUT2D eigenvalue weighted by Gasteiger charge is 2.14. The molecule has 0 aliphatic rings. The first kappa shape index (κ1) is 16.2. The van der Waals surface area contributed by atoms with Gasteiger partial charge in [-0.1, -0.05) is 30.8 Å². The van der Waals surface area contributed by atoms with Gasteiger partial charge in [0.2, 0.25) is 5.89 Å². The number of thioether (sulfide) groups is 1. The van der Waals surface area contributed by atoms with Crippen LogP contribution in [-0.2, 0) is 18.7 Å². The van der Waals surface area contributed by atoms with Gasteiger partial charge in [0.15, 0.2) is 11.0 Å². The normalized spacial score (nSPS) is 11.7. The summed E-state index contributed by atoms with van der Waals surface area (Å²) in [4.78, 5) is 21.4. The third kappa shape index (κ3) is 3.48. The molecule has 3 heterocycles. The molecule has 3 aromatic heterocycles. The molecule has 0 bridgehead atoms. The minimum Gasteiger partial charge on any atom is -0.338 e. The molecule has 6 nitrogen and oxygen atoms in total. The van der Waals surface area contributed by atoms with Gasteiger partial charge in [-0.2, -0.15) is 4.98 Å². The molecule has 3 aromatic rings. The summed E-state index contributed by atoms with van der Waals surface area (Å²) in [5.74, 6) is 2.28. The molecular formula is C15H18N4O2S2. The molecule has 0 radical (unpaired) electrons.